The summed E-state index contributed by atoms with van der Waals surface area (Å²) in [5, 5.41) is 15.7. The standard InChI is InChI=1S/C25H25N3O2/c1-17-12-18(2)14-20(13-17)25-22(10-11-26-16-19-6-4-3-5-7-19)23-15-21(28(29)30)8-9-24(23)27-25/h3-9,12-15,26-27H,10-11,16H2,1-2H3. The highest BCUT2D eigenvalue weighted by molar-refractivity contribution is 5.92. The van der Waals surface area contributed by atoms with Crippen LogP contribution < -0.4 is 5.32 Å². The number of aromatic nitrogens is 1. The molecule has 5 heteroatoms. The van der Waals surface area contributed by atoms with Gasteiger partial charge in [-0.2, -0.15) is 0 Å². The average molecular weight is 399 g/mol. The Labute approximate surface area is 175 Å². The van der Waals surface area contributed by atoms with Crippen LogP contribution in [-0.2, 0) is 13.0 Å². The number of nitro benzene ring substituents is 1. The number of hydrogen-bond acceptors (Lipinski definition) is 3. The number of nitrogens with one attached hydrogen (secondary N) is 2. The lowest BCUT2D eigenvalue weighted by molar-refractivity contribution is -0.384. The fourth-order valence-electron chi connectivity index (χ4n) is 4.02. The van der Waals surface area contributed by atoms with Gasteiger partial charge in [-0.15, -0.1) is 0 Å². The third-order valence-electron chi connectivity index (χ3n) is 5.33. The van der Waals surface area contributed by atoms with Crippen LogP contribution in [0.3, 0.4) is 0 Å². The predicted octanol–water partition coefficient (Wildman–Crippen LogP) is 5.69. The number of fused-ring (bicyclic) bond motifs is 1. The maximum atomic E-state index is 11.3. The SMILES string of the molecule is Cc1cc(C)cc(-c2[nH]c3ccc([N+](=O)[O-])cc3c2CCNCc2ccccc2)c1. The summed E-state index contributed by atoms with van der Waals surface area (Å²) < 4.78 is 0. The zero-order chi connectivity index (χ0) is 21.1. The van der Waals surface area contributed by atoms with Crippen molar-refractivity contribution in [3.8, 4) is 11.3 Å². The summed E-state index contributed by atoms with van der Waals surface area (Å²) in [6, 6.07) is 21.8. The van der Waals surface area contributed by atoms with E-state index in [0.29, 0.717) is 0 Å². The summed E-state index contributed by atoms with van der Waals surface area (Å²) in [5.74, 6) is 0. The van der Waals surface area contributed by atoms with Crippen molar-refractivity contribution in [2.75, 3.05) is 6.54 Å². The first kappa shape index (κ1) is 19.9. The second-order valence-electron chi connectivity index (χ2n) is 7.75. The lowest BCUT2D eigenvalue weighted by Gasteiger charge is -2.09. The van der Waals surface area contributed by atoms with E-state index in [2.05, 4.69) is 54.5 Å². The molecular formula is C25H25N3O2. The van der Waals surface area contributed by atoms with Crippen molar-refractivity contribution in [3.63, 3.8) is 0 Å². The molecule has 0 aliphatic carbocycles. The Balaban J connectivity index is 1.68. The number of benzene rings is 3. The van der Waals surface area contributed by atoms with E-state index in [9.17, 15) is 10.1 Å². The summed E-state index contributed by atoms with van der Waals surface area (Å²) in [6.07, 6.45) is 0.774. The molecule has 0 fully saturated rings. The van der Waals surface area contributed by atoms with Crippen LogP contribution in [0, 0.1) is 24.0 Å². The molecule has 4 rings (SSSR count). The van der Waals surface area contributed by atoms with E-state index in [1.807, 2.05) is 18.2 Å². The molecule has 0 aliphatic rings. The van der Waals surface area contributed by atoms with Crippen LogP contribution in [0.5, 0.6) is 0 Å². The lowest BCUT2D eigenvalue weighted by atomic mass is 9.99. The van der Waals surface area contributed by atoms with Crippen molar-refractivity contribution < 1.29 is 4.92 Å². The van der Waals surface area contributed by atoms with Crippen LogP contribution in [0.2, 0.25) is 0 Å². The van der Waals surface area contributed by atoms with Gasteiger partial charge in [-0.1, -0.05) is 47.5 Å². The molecule has 1 aromatic heterocycles. The Kier molecular flexibility index (Phi) is 5.63. The Morgan fingerprint density at radius 3 is 2.40 bits per heavy atom. The van der Waals surface area contributed by atoms with Crippen molar-refractivity contribution in [2.45, 2.75) is 26.8 Å². The van der Waals surface area contributed by atoms with E-state index < -0.39 is 0 Å². The Bertz CT molecular complexity index is 1180. The topological polar surface area (TPSA) is 71.0 Å². The molecule has 0 atom stereocenters. The second-order valence-corrected chi connectivity index (χ2v) is 7.75. The molecule has 0 saturated heterocycles. The van der Waals surface area contributed by atoms with E-state index in [0.717, 1.165) is 47.2 Å². The quantitative estimate of drug-likeness (QED) is 0.238. The first-order chi connectivity index (χ1) is 14.5. The number of H-pyrrole nitrogens is 1. The van der Waals surface area contributed by atoms with Gasteiger partial charge in [0, 0.05) is 35.3 Å². The maximum absolute atomic E-state index is 11.3. The van der Waals surface area contributed by atoms with Gasteiger partial charge < -0.3 is 10.3 Å². The van der Waals surface area contributed by atoms with Gasteiger partial charge >= 0.3 is 0 Å². The number of hydrogen-bond donors (Lipinski definition) is 2. The summed E-state index contributed by atoms with van der Waals surface area (Å²) >= 11 is 0. The first-order valence-electron chi connectivity index (χ1n) is 10.1. The minimum atomic E-state index is -0.333. The average Bonchev–Trinajstić information content (AvgIpc) is 3.09. The molecule has 0 bridgehead atoms. The van der Waals surface area contributed by atoms with Crippen molar-refractivity contribution in [3.05, 3.63) is 99.1 Å². The summed E-state index contributed by atoms with van der Waals surface area (Å²) in [5.41, 5.74) is 7.94. The minimum Gasteiger partial charge on any atom is -0.354 e. The zero-order valence-corrected chi connectivity index (χ0v) is 17.2. The molecule has 0 aliphatic heterocycles. The van der Waals surface area contributed by atoms with E-state index in [1.54, 1.807) is 18.2 Å². The van der Waals surface area contributed by atoms with Gasteiger partial charge in [0.05, 0.1) is 4.92 Å². The van der Waals surface area contributed by atoms with Crippen molar-refractivity contribution in [1.82, 2.24) is 10.3 Å². The van der Waals surface area contributed by atoms with Gasteiger partial charge in [-0.05, 0) is 61.7 Å². The molecule has 152 valence electrons. The van der Waals surface area contributed by atoms with Crippen LogP contribution in [0.25, 0.3) is 22.2 Å². The van der Waals surface area contributed by atoms with Gasteiger partial charge in [0.15, 0.2) is 0 Å². The molecule has 0 radical (unpaired) electrons. The largest absolute Gasteiger partial charge is 0.354 e. The number of nitrogens with zero attached hydrogens (tertiary/aromatic N) is 1. The highest BCUT2D eigenvalue weighted by Crippen LogP contribution is 2.33. The molecule has 30 heavy (non-hydrogen) atoms. The van der Waals surface area contributed by atoms with Gasteiger partial charge in [-0.3, -0.25) is 10.1 Å². The molecule has 1 heterocycles. The smallest absolute Gasteiger partial charge is 0.270 e. The van der Waals surface area contributed by atoms with Crippen LogP contribution in [0.15, 0.2) is 66.7 Å². The Hall–Kier alpha value is -3.44. The number of non-ortho nitro benzene ring substituents is 1. The fraction of sp³-hybridized carbons (Fsp3) is 0.200. The molecular weight excluding hydrogens is 374 g/mol. The van der Waals surface area contributed by atoms with E-state index in [-0.39, 0.29) is 10.6 Å². The Morgan fingerprint density at radius 1 is 0.967 bits per heavy atom. The van der Waals surface area contributed by atoms with Gasteiger partial charge in [0.1, 0.15) is 0 Å². The van der Waals surface area contributed by atoms with E-state index in [1.165, 1.54) is 16.7 Å². The van der Waals surface area contributed by atoms with E-state index >= 15 is 0 Å². The van der Waals surface area contributed by atoms with Gasteiger partial charge in [0.2, 0.25) is 0 Å². The highest BCUT2D eigenvalue weighted by Gasteiger charge is 2.16. The third-order valence-corrected chi connectivity index (χ3v) is 5.33. The monoisotopic (exact) mass is 399 g/mol. The molecule has 0 spiro atoms. The molecule has 0 saturated carbocycles. The molecule has 2 N–H and O–H groups in total. The zero-order valence-electron chi connectivity index (χ0n) is 17.2. The van der Waals surface area contributed by atoms with Gasteiger partial charge in [-0.25, -0.2) is 0 Å². The lowest BCUT2D eigenvalue weighted by Crippen LogP contribution is -2.16. The summed E-state index contributed by atoms with van der Waals surface area (Å²) in [4.78, 5) is 14.5. The third kappa shape index (κ3) is 4.26. The van der Waals surface area contributed by atoms with Crippen molar-refractivity contribution in [1.29, 1.82) is 0 Å². The number of nitro groups is 1. The first-order valence-corrected chi connectivity index (χ1v) is 10.1. The molecule has 4 aromatic rings. The number of rotatable bonds is 7. The number of aromatic amines is 1. The van der Waals surface area contributed by atoms with Crippen molar-refractivity contribution in [2.24, 2.45) is 0 Å². The van der Waals surface area contributed by atoms with Crippen LogP contribution in [-0.4, -0.2) is 16.5 Å². The van der Waals surface area contributed by atoms with E-state index in [4.69, 9.17) is 0 Å². The van der Waals surface area contributed by atoms with Crippen LogP contribution in [0.1, 0.15) is 22.3 Å². The Morgan fingerprint density at radius 2 is 1.70 bits per heavy atom. The molecule has 5 nitrogen and oxygen atoms in total. The van der Waals surface area contributed by atoms with Crippen LogP contribution in [0.4, 0.5) is 5.69 Å². The molecule has 0 amide bonds. The number of aryl methyl sites for hydroxylation is 2. The highest BCUT2D eigenvalue weighted by atomic mass is 16.6. The van der Waals surface area contributed by atoms with Gasteiger partial charge in [0.25, 0.3) is 5.69 Å². The van der Waals surface area contributed by atoms with Crippen molar-refractivity contribution >= 4 is 16.6 Å². The van der Waals surface area contributed by atoms with Crippen LogP contribution >= 0.6 is 0 Å². The minimum absolute atomic E-state index is 0.118. The fourth-order valence-corrected chi connectivity index (χ4v) is 4.02. The maximum Gasteiger partial charge on any atom is 0.270 e. The predicted molar refractivity (Wildman–Crippen MR) is 122 cm³/mol. The summed E-state index contributed by atoms with van der Waals surface area (Å²) in [7, 11) is 0. The second kappa shape index (κ2) is 8.51. The normalized spacial score (nSPS) is 11.1. The molecule has 3 aromatic carbocycles. The molecule has 0 unspecified atom stereocenters. The summed E-state index contributed by atoms with van der Waals surface area (Å²) in [6.45, 7) is 5.75.